The van der Waals surface area contributed by atoms with E-state index in [0.29, 0.717) is 12.1 Å². The van der Waals surface area contributed by atoms with Crippen molar-refractivity contribution in [2.75, 3.05) is 7.05 Å². The highest BCUT2D eigenvalue weighted by Crippen LogP contribution is 2.23. The maximum atomic E-state index is 12.5. The SMILES string of the molecule is CN(Cc1ccc(C#N)cc1)C(=O)CCC(=O)c1ccc2c(c1)CCCC2. The van der Waals surface area contributed by atoms with E-state index in [1.165, 1.54) is 24.0 Å². The lowest BCUT2D eigenvalue weighted by Crippen LogP contribution is -2.26. The topological polar surface area (TPSA) is 61.2 Å². The smallest absolute Gasteiger partial charge is 0.223 e. The van der Waals surface area contributed by atoms with Crippen LogP contribution in [-0.4, -0.2) is 23.6 Å². The molecule has 1 aliphatic rings. The Balaban J connectivity index is 1.53. The summed E-state index contributed by atoms with van der Waals surface area (Å²) in [6.45, 7) is 0.470. The molecule has 0 spiro atoms. The highest BCUT2D eigenvalue weighted by atomic mass is 16.2. The molecule has 0 heterocycles. The van der Waals surface area contributed by atoms with Crippen molar-refractivity contribution in [1.29, 1.82) is 5.26 Å². The van der Waals surface area contributed by atoms with Gasteiger partial charge in [-0.1, -0.05) is 24.3 Å². The number of hydrogen-bond donors (Lipinski definition) is 0. The van der Waals surface area contributed by atoms with Crippen LogP contribution in [0.4, 0.5) is 0 Å². The van der Waals surface area contributed by atoms with Gasteiger partial charge in [-0.2, -0.15) is 5.26 Å². The molecule has 27 heavy (non-hydrogen) atoms. The molecule has 0 N–H and O–H groups in total. The average Bonchev–Trinajstić information content (AvgIpc) is 2.71. The van der Waals surface area contributed by atoms with Gasteiger partial charge in [-0.05, 0) is 60.6 Å². The summed E-state index contributed by atoms with van der Waals surface area (Å²) >= 11 is 0. The van der Waals surface area contributed by atoms with E-state index < -0.39 is 0 Å². The number of nitriles is 1. The molecule has 2 aromatic rings. The number of rotatable bonds is 6. The summed E-state index contributed by atoms with van der Waals surface area (Å²) in [5.74, 6) is -0.0193. The van der Waals surface area contributed by atoms with Gasteiger partial charge in [0.25, 0.3) is 0 Å². The number of Topliss-reactive ketones (excluding diaryl/α,β-unsaturated/α-hetero) is 1. The van der Waals surface area contributed by atoms with Crippen molar-refractivity contribution < 1.29 is 9.59 Å². The number of benzene rings is 2. The second kappa shape index (κ2) is 8.64. The Kier molecular flexibility index (Phi) is 6.03. The van der Waals surface area contributed by atoms with Gasteiger partial charge >= 0.3 is 0 Å². The van der Waals surface area contributed by atoms with Crippen LogP contribution in [0.1, 0.15) is 58.3 Å². The molecule has 138 valence electrons. The molecule has 4 heteroatoms. The van der Waals surface area contributed by atoms with E-state index in [0.717, 1.165) is 24.0 Å². The minimum Gasteiger partial charge on any atom is -0.341 e. The minimum absolute atomic E-state index is 0.0310. The molecule has 3 rings (SSSR count). The Labute approximate surface area is 160 Å². The summed E-state index contributed by atoms with van der Waals surface area (Å²) in [6, 6.07) is 15.2. The monoisotopic (exact) mass is 360 g/mol. The fraction of sp³-hybridized carbons (Fsp3) is 0.348. The summed E-state index contributed by atoms with van der Waals surface area (Å²) < 4.78 is 0. The van der Waals surface area contributed by atoms with Crippen molar-refractivity contribution >= 4 is 11.7 Å². The van der Waals surface area contributed by atoms with Crippen molar-refractivity contribution in [2.45, 2.75) is 45.1 Å². The highest BCUT2D eigenvalue weighted by molar-refractivity contribution is 5.98. The predicted octanol–water partition coefficient (Wildman–Crippen LogP) is 4.06. The average molecular weight is 360 g/mol. The third kappa shape index (κ3) is 4.83. The fourth-order valence-corrected chi connectivity index (χ4v) is 3.51. The maximum Gasteiger partial charge on any atom is 0.223 e. The van der Waals surface area contributed by atoms with E-state index in [9.17, 15) is 9.59 Å². The van der Waals surface area contributed by atoms with Crippen molar-refractivity contribution in [3.63, 3.8) is 0 Å². The quantitative estimate of drug-likeness (QED) is 0.730. The van der Waals surface area contributed by atoms with E-state index in [-0.39, 0.29) is 24.5 Å². The van der Waals surface area contributed by atoms with Crippen molar-refractivity contribution in [2.24, 2.45) is 0 Å². The molecule has 0 unspecified atom stereocenters. The van der Waals surface area contributed by atoms with Crippen LogP contribution in [0.15, 0.2) is 42.5 Å². The van der Waals surface area contributed by atoms with Gasteiger partial charge in [0.2, 0.25) is 5.91 Å². The Morgan fingerprint density at radius 2 is 1.70 bits per heavy atom. The molecule has 0 aromatic heterocycles. The van der Waals surface area contributed by atoms with Crippen LogP contribution in [0.5, 0.6) is 0 Å². The van der Waals surface area contributed by atoms with E-state index in [1.807, 2.05) is 24.3 Å². The van der Waals surface area contributed by atoms with Crippen LogP contribution < -0.4 is 0 Å². The number of fused-ring (bicyclic) bond motifs is 1. The molecule has 0 bridgehead atoms. The van der Waals surface area contributed by atoms with Crippen molar-refractivity contribution in [3.05, 3.63) is 70.3 Å². The summed E-state index contributed by atoms with van der Waals surface area (Å²) in [7, 11) is 1.74. The first-order valence-corrected chi connectivity index (χ1v) is 9.45. The van der Waals surface area contributed by atoms with E-state index in [4.69, 9.17) is 5.26 Å². The number of hydrogen-bond acceptors (Lipinski definition) is 3. The standard InChI is InChI=1S/C23H24N2O2/c1-25(16-18-8-6-17(15-24)7-9-18)23(27)13-12-22(26)21-11-10-19-4-2-3-5-20(19)14-21/h6-11,14H,2-5,12-13,16H2,1H3. The Bertz CT molecular complexity index is 878. The molecule has 0 saturated heterocycles. The summed E-state index contributed by atoms with van der Waals surface area (Å²) in [5, 5.41) is 8.83. The van der Waals surface area contributed by atoms with E-state index in [1.54, 1.807) is 24.1 Å². The first-order chi connectivity index (χ1) is 13.1. The second-order valence-electron chi connectivity index (χ2n) is 7.17. The van der Waals surface area contributed by atoms with Gasteiger partial charge < -0.3 is 4.90 Å². The lowest BCUT2D eigenvalue weighted by atomic mass is 9.89. The van der Waals surface area contributed by atoms with Gasteiger partial charge in [0.15, 0.2) is 5.78 Å². The second-order valence-corrected chi connectivity index (χ2v) is 7.17. The molecule has 0 radical (unpaired) electrons. The first-order valence-electron chi connectivity index (χ1n) is 9.45. The molecular weight excluding hydrogens is 336 g/mol. The third-order valence-corrected chi connectivity index (χ3v) is 5.16. The molecule has 1 aliphatic carbocycles. The Morgan fingerprint density at radius 3 is 2.41 bits per heavy atom. The molecule has 2 aromatic carbocycles. The van der Waals surface area contributed by atoms with Gasteiger partial charge in [0.05, 0.1) is 11.6 Å². The van der Waals surface area contributed by atoms with Crippen LogP contribution in [0.3, 0.4) is 0 Å². The number of carbonyl (C=O) groups excluding carboxylic acids is 2. The molecular formula is C23H24N2O2. The molecule has 4 nitrogen and oxygen atoms in total. The first kappa shape index (κ1) is 18.8. The van der Waals surface area contributed by atoms with Crippen LogP contribution in [0, 0.1) is 11.3 Å². The van der Waals surface area contributed by atoms with Crippen LogP contribution >= 0.6 is 0 Å². The number of amides is 1. The van der Waals surface area contributed by atoms with Crippen molar-refractivity contribution in [3.8, 4) is 6.07 Å². The zero-order valence-corrected chi connectivity index (χ0v) is 15.7. The van der Waals surface area contributed by atoms with Crippen molar-refractivity contribution in [1.82, 2.24) is 4.90 Å². The number of carbonyl (C=O) groups is 2. The lowest BCUT2D eigenvalue weighted by molar-refractivity contribution is -0.130. The zero-order chi connectivity index (χ0) is 19.2. The summed E-state index contributed by atoms with van der Waals surface area (Å²) in [4.78, 5) is 26.5. The highest BCUT2D eigenvalue weighted by Gasteiger charge is 2.15. The number of nitrogens with zero attached hydrogens (tertiary/aromatic N) is 2. The normalized spacial score (nSPS) is 12.7. The fourth-order valence-electron chi connectivity index (χ4n) is 3.51. The Morgan fingerprint density at radius 1 is 1.00 bits per heavy atom. The van der Waals surface area contributed by atoms with Gasteiger partial charge in [0.1, 0.15) is 0 Å². The van der Waals surface area contributed by atoms with Crippen LogP contribution in [0.25, 0.3) is 0 Å². The molecule has 0 saturated carbocycles. The minimum atomic E-state index is -0.0503. The molecule has 0 fully saturated rings. The number of aryl methyl sites for hydroxylation is 2. The van der Waals surface area contributed by atoms with E-state index in [2.05, 4.69) is 12.1 Å². The van der Waals surface area contributed by atoms with Gasteiger partial charge in [0, 0.05) is 32.0 Å². The van der Waals surface area contributed by atoms with E-state index >= 15 is 0 Å². The van der Waals surface area contributed by atoms with Gasteiger partial charge in [-0.3, -0.25) is 9.59 Å². The molecule has 0 aliphatic heterocycles. The maximum absolute atomic E-state index is 12.5. The third-order valence-electron chi connectivity index (χ3n) is 5.16. The number of ketones is 1. The van der Waals surface area contributed by atoms with Gasteiger partial charge in [-0.15, -0.1) is 0 Å². The lowest BCUT2D eigenvalue weighted by Gasteiger charge is -2.18. The largest absolute Gasteiger partial charge is 0.341 e. The van der Waals surface area contributed by atoms with Gasteiger partial charge in [-0.25, -0.2) is 0 Å². The van der Waals surface area contributed by atoms with Crippen LogP contribution in [-0.2, 0) is 24.2 Å². The Hall–Kier alpha value is -2.93. The van der Waals surface area contributed by atoms with Crippen LogP contribution in [0.2, 0.25) is 0 Å². The summed E-state index contributed by atoms with van der Waals surface area (Å²) in [6.07, 6.45) is 4.99. The molecule has 0 atom stereocenters. The summed E-state index contributed by atoms with van der Waals surface area (Å²) in [5.41, 5.74) is 4.93. The zero-order valence-electron chi connectivity index (χ0n) is 15.7. The predicted molar refractivity (Wildman–Crippen MR) is 104 cm³/mol. The molecule has 1 amide bonds.